The van der Waals surface area contributed by atoms with Crippen LogP contribution in [0.15, 0.2) is 54.9 Å². The van der Waals surface area contributed by atoms with Crippen LogP contribution < -0.4 is 0 Å². The first-order chi connectivity index (χ1) is 9.79. The van der Waals surface area contributed by atoms with Crippen LogP contribution in [0.5, 0.6) is 0 Å². The Labute approximate surface area is 126 Å². The lowest BCUT2D eigenvalue weighted by Gasteiger charge is -2.23. The van der Waals surface area contributed by atoms with Crippen molar-refractivity contribution in [2.24, 2.45) is 0 Å². The van der Waals surface area contributed by atoms with E-state index >= 15 is 0 Å². The van der Waals surface area contributed by atoms with Gasteiger partial charge in [0.05, 0.1) is 5.38 Å². The average Bonchev–Trinajstić information content (AvgIpc) is 2.53. The molecule has 0 fully saturated rings. The van der Waals surface area contributed by atoms with Gasteiger partial charge < -0.3 is 4.90 Å². The van der Waals surface area contributed by atoms with Crippen LogP contribution in [0.1, 0.15) is 23.4 Å². The highest BCUT2D eigenvalue weighted by atomic mass is 35.5. The summed E-state index contributed by atoms with van der Waals surface area (Å²) < 4.78 is 0. The van der Waals surface area contributed by atoms with Crippen molar-refractivity contribution in [2.45, 2.75) is 18.7 Å². The fourth-order valence-corrected chi connectivity index (χ4v) is 2.55. The molecule has 106 valence electrons. The molecule has 1 unspecified atom stereocenters. The van der Waals surface area contributed by atoms with E-state index in [-0.39, 0.29) is 5.38 Å². The van der Waals surface area contributed by atoms with Gasteiger partial charge in [-0.15, -0.1) is 11.6 Å². The minimum Gasteiger partial charge on any atom is -0.301 e. The van der Waals surface area contributed by atoms with Crippen molar-refractivity contribution >= 4 is 11.6 Å². The minimum absolute atomic E-state index is 0.0496. The van der Waals surface area contributed by atoms with E-state index in [1.165, 1.54) is 11.1 Å². The average molecular weight is 289 g/mol. The predicted octanol–water partition coefficient (Wildman–Crippen LogP) is 3.93. The summed E-state index contributed by atoms with van der Waals surface area (Å²) in [6, 6.07) is 14.4. The summed E-state index contributed by atoms with van der Waals surface area (Å²) in [7, 11) is 0. The largest absolute Gasteiger partial charge is 0.301 e. The molecule has 2 rings (SSSR count). The van der Waals surface area contributed by atoms with Gasteiger partial charge in [-0.05, 0) is 36.2 Å². The molecule has 2 aromatic rings. The maximum absolute atomic E-state index is 6.51. The van der Waals surface area contributed by atoms with E-state index in [1.807, 2.05) is 30.6 Å². The molecule has 1 aromatic heterocycles. The molecule has 20 heavy (non-hydrogen) atoms. The van der Waals surface area contributed by atoms with Crippen molar-refractivity contribution in [3.8, 4) is 0 Å². The molecule has 0 radical (unpaired) electrons. The van der Waals surface area contributed by atoms with E-state index in [2.05, 4.69) is 41.1 Å². The van der Waals surface area contributed by atoms with Crippen molar-refractivity contribution in [2.75, 3.05) is 19.6 Å². The third kappa shape index (κ3) is 4.62. The first-order valence-electron chi connectivity index (χ1n) is 7.10. The Morgan fingerprint density at radius 2 is 1.80 bits per heavy atom. The SMILES string of the molecule is CCN(CCc1ccncc1)CC(Cl)c1ccccc1. The Hall–Kier alpha value is -1.38. The third-order valence-electron chi connectivity index (χ3n) is 3.49. The molecule has 0 bridgehead atoms. The van der Waals surface area contributed by atoms with Crippen LogP contribution in [0.3, 0.4) is 0 Å². The molecule has 0 aliphatic rings. The monoisotopic (exact) mass is 288 g/mol. The van der Waals surface area contributed by atoms with E-state index in [0.29, 0.717) is 0 Å². The van der Waals surface area contributed by atoms with Gasteiger partial charge in [0.25, 0.3) is 0 Å². The second-order valence-corrected chi connectivity index (χ2v) is 5.40. The molecule has 0 aliphatic heterocycles. The summed E-state index contributed by atoms with van der Waals surface area (Å²) >= 11 is 6.51. The Morgan fingerprint density at radius 3 is 2.45 bits per heavy atom. The topological polar surface area (TPSA) is 16.1 Å². The maximum Gasteiger partial charge on any atom is 0.0712 e. The normalized spacial score (nSPS) is 12.6. The van der Waals surface area contributed by atoms with Crippen LogP contribution in [0.4, 0.5) is 0 Å². The first kappa shape index (κ1) is 15.0. The number of hydrogen-bond donors (Lipinski definition) is 0. The molecule has 0 N–H and O–H groups in total. The highest BCUT2D eigenvalue weighted by Crippen LogP contribution is 2.21. The van der Waals surface area contributed by atoms with Crippen LogP contribution in [0, 0.1) is 0 Å². The van der Waals surface area contributed by atoms with Crippen molar-refractivity contribution in [1.29, 1.82) is 0 Å². The van der Waals surface area contributed by atoms with Crippen LogP contribution >= 0.6 is 11.6 Å². The Bertz CT molecular complexity index is 487. The van der Waals surface area contributed by atoms with Crippen molar-refractivity contribution in [1.82, 2.24) is 9.88 Å². The number of hydrogen-bond acceptors (Lipinski definition) is 2. The lowest BCUT2D eigenvalue weighted by Crippen LogP contribution is -2.29. The summed E-state index contributed by atoms with van der Waals surface area (Å²) in [5.74, 6) is 0. The molecule has 1 atom stereocenters. The maximum atomic E-state index is 6.51. The third-order valence-corrected chi connectivity index (χ3v) is 3.88. The lowest BCUT2D eigenvalue weighted by atomic mass is 10.1. The van der Waals surface area contributed by atoms with Gasteiger partial charge in [0.15, 0.2) is 0 Å². The fraction of sp³-hybridized carbons (Fsp3) is 0.353. The molecular weight excluding hydrogens is 268 g/mol. The zero-order chi connectivity index (χ0) is 14.2. The number of alkyl halides is 1. The van der Waals surface area contributed by atoms with Crippen LogP contribution in [-0.2, 0) is 6.42 Å². The molecule has 0 amide bonds. The van der Waals surface area contributed by atoms with Gasteiger partial charge in [-0.1, -0.05) is 37.3 Å². The Kier molecular flexibility index (Phi) is 6.03. The quantitative estimate of drug-likeness (QED) is 0.718. The fourth-order valence-electron chi connectivity index (χ4n) is 2.21. The smallest absolute Gasteiger partial charge is 0.0712 e. The van der Waals surface area contributed by atoms with E-state index in [4.69, 9.17) is 11.6 Å². The molecule has 0 aliphatic carbocycles. The van der Waals surface area contributed by atoms with Gasteiger partial charge in [-0.3, -0.25) is 4.98 Å². The number of likely N-dealkylation sites (N-methyl/N-ethyl adjacent to an activating group) is 1. The van der Waals surface area contributed by atoms with Gasteiger partial charge in [-0.25, -0.2) is 0 Å². The number of rotatable bonds is 7. The molecule has 3 heteroatoms. The highest BCUT2D eigenvalue weighted by Gasteiger charge is 2.12. The predicted molar refractivity (Wildman–Crippen MR) is 85.1 cm³/mol. The van der Waals surface area contributed by atoms with E-state index in [9.17, 15) is 0 Å². The molecule has 1 heterocycles. The summed E-state index contributed by atoms with van der Waals surface area (Å²) in [4.78, 5) is 6.44. The van der Waals surface area contributed by atoms with E-state index < -0.39 is 0 Å². The minimum atomic E-state index is 0.0496. The number of nitrogens with zero attached hydrogens (tertiary/aromatic N) is 2. The highest BCUT2D eigenvalue weighted by molar-refractivity contribution is 6.21. The number of benzene rings is 1. The molecule has 0 saturated carbocycles. The number of aromatic nitrogens is 1. The summed E-state index contributed by atoms with van der Waals surface area (Å²) in [5.41, 5.74) is 2.51. The lowest BCUT2D eigenvalue weighted by molar-refractivity contribution is 0.292. The second-order valence-electron chi connectivity index (χ2n) is 4.88. The van der Waals surface area contributed by atoms with Crippen molar-refractivity contribution < 1.29 is 0 Å². The van der Waals surface area contributed by atoms with Gasteiger partial charge in [0.1, 0.15) is 0 Å². The first-order valence-corrected chi connectivity index (χ1v) is 7.53. The van der Waals surface area contributed by atoms with Gasteiger partial charge in [0.2, 0.25) is 0 Å². The van der Waals surface area contributed by atoms with Gasteiger partial charge >= 0.3 is 0 Å². The summed E-state index contributed by atoms with van der Waals surface area (Å²) in [6.07, 6.45) is 4.73. The summed E-state index contributed by atoms with van der Waals surface area (Å²) in [6.45, 7) is 5.10. The van der Waals surface area contributed by atoms with Gasteiger partial charge in [0, 0.05) is 25.5 Å². The van der Waals surface area contributed by atoms with E-state index in [1.54, 1.807) is 0 Å². The van der Waals surface area contributed by atoms with Gasteiger partial charge in [-0.2, -0.15) is 0 Å². The Morgan fingerprint density at radius 1 is 1.10 bits per heavy atom. The molecule has 0 saturated heterocycles. The molecule has 2 nitrogen and oxygen atoms in total. The zero-order valence-corrected chi connectivity index (χ0v) is 12.6. The number of halogens is 1. The zero-order valence-electron chi connectivity index (χ0n) is 11.9. The van der Waals surface area contributed by atoms with Crippen molar-refractivity contribution in [3.05, 3.63) is 66.0 Å². The van der Waals surface area contributed by atoms with Crippen LogP contribution in [-0.4, -0.2) is 29.5 Å². The summed E-state index contributed by atoms with van der Waals surface area (Å²) in [5, 5.41) is 0.0496. The van der Waals surface area contributed by atoms with E-state index in [0.717, 1.165) is 26.1 Å². The Balaban J connectivity index is 1.86. The number of pyridine rings is 1. The van der Waals surface area contributed by atoms with Crippen molar-refractivity contribution in [3.63, 3.8) is 0 Å². The molecule has 1 aromatic carbocycles. The standard InChI is InChI=1S/C17H21ClN2/c1-2-20(13-10-15-8-11-19-12-9-15)14-17(18)16-6-4-3-5-7-16/h3-9,11-12,17H,2,10,13-14H2,1H3. The second kappa shape index (κ2) is 8.03. The molecule has 0 spiro atoms. The van der Waals surface area contributed by atoms with Crippen LogP contribution in [0.2, 0.25) is 0 Å². The van der Waals surface area contributed by atoms with Crippen LogP contribution in [0.25, 0.3) is 0 Å². The molecular formula is C17H21ClN2.